The molecule has 3 heteroatoms. The van der Waals surface area contributed by atoms with E-state index in [1.807, 2.05) is 34.6 Å². The normalized spacial score (nSPS) is 12.4. The monoisotopic (exact) mass is 199 g/mol. The van der Waals surface area contributed by atoms with Crippen molar-refractivity contribution in [3.8, 4) is 0 Å². The lowest BCUT2D eigenvalue weighted by Gasteiger charge is -2.29. The van der Waals surface area contributed by atoms with Crippen molar-refractivity contribution in [1.29, 1.82) is 0 Å². The molecule has 14 heavy (non-hydrogen) atoms. The number of nitrogens with one attached hydrogen (secondary N) is 1. The third-order valence-electron chi connectivity index (χ3n) is 1.82. The van der Waals surface area contributed by atoms with Gasteiger partial charge in [0.25, 0.3) is 0 Å². The molecule has 0 rings (SSSR count). The van der Waals surface area contributed by atoms with Gasteiger partial charge in [-0.2, -0.15) is 0 Å². The van der Waals surface area contributed by atoms with Crippen molar-refractivity contribution in [3.05, 3.63) is 0 Å². The molecular formula is C11H21NO2. The molecule has 0 unspecified atom stereocenters. The molecule has 0 aliphatic rings. The quantitative estimate of drug-likeness (QED) is 0.754. The van der Waals surface area contributed by atoms with E-state index < -0.39 is 11.0 Å². The molecule has 0 fully saturated rings. The van der Waals surface area contributed by atoms with Crippen LogP contribution < -0.4 is 5.32 Å². The molecule has 0 aromatic heterocycles. The molecule has 0 aromatic rings. The highest BCUT2D eigenvalue weighted by atomic mass is 16.2. The molecule has 0 aliphatic heterocycles. The van der Waals surface area contributed by atoms with Crippen LogP contribution in [0.5, 0.6) is 0 Å². The van der Waals surface area contributed by atoms with Crippen LogP contribution in [0.2, 0.25) is 0 Å². The van der Waals surface area contributed by atoms with Gasteiger partial charge in [0, 0.05) is 17.4 Å². The maximum absolute atomic E-state index is 11.6. The molecule has 82 valence electrons. The molecule has 1 N–H and O–H groups in total. The Kier molecular flexibility index (Phi) is 3.86. The first-order chi connectivity index (χ1) is 6.04. The molecule has 0 aliphatic carbocycles. The second-order valence-corrected chi connectivity index (χ2v) is 5.47. The van der Waals surface area contributed by atoms with E-state index in [1.165, 1.54) is 6.92 Å². The number of carbonyl (C=O) groups excluding carboxylic acids is 2. The van der Waals surface area contributed by atoms with Crippen LogP contribution in [0, 0.1) is 5.41 Å². The average Bonchev–Trinajstić information content (AvgIpc) is 1.79. The standard InChI is InChI=1S/C11H21NO2/c1-8(13)7-11(5,6)12-9(14)10(2,3)4/h7H2,1-6H3,(H,12,14). The largest absolute Gasteiger partial charge is 0.350 e. The minimum atomic E-state index is -0.448. The van der Waals surface area contributed by atoms with Crippen LogP contribution in [0.3, 0.4) is 0 Å². The topological polar surface area (TPSA) is 46.2 Å². The summed E-state index contributed by atoms with van der Waals surface area (Å²) in [6.07, 6.45) is 0.370. The van der Waals surface area contributed by atoms with Crippen LogP contribution >= 0.6 is 0 Å². The van der Waals surface area contributed by atoms with E-state index in [-0.39, 0.29) is 11.7 Å². The lowest BCUT2D eigenvalue weighted by atomic mass is 9.91. The van der Waals surface area contributed by atoms with E-state index in [9.17, 15) is 9.59 Å². The van der Waals surface area contributed by atoms with E-state index in [1.54, 1.807) is 0 Å². The zero-order chi connectivity index (χ0) is 11.6. The van der Waals surface area contributed by atoms with Gasteiger partial charge in [-0.1, -0.05) is 20.8 Å². The van der Waals surface area contributed by atoms with Crippen molar-refractivity contribution in [2.24, 2.45) is 5.41 Å². The van der Waals surface area contributed by atoms with Crippen molar-refractivity contribution in [2.75, 3.05) is 0 Å². The molecule has 0 bridgehead atoms. The van der Waals surface area contributed by atoms with E-state index in [0.717, 1.165) is 0 Å². The minimum absolute atomic E-state index is 0.0243. The predicted octanol–water partition coefficient (Wildman–Crippen LogP) is 1.91. The molecule has 0 saturated carbocycles. The number of ketones is 1. The van der Waals surface area contributed by atoms with Crippen molar-refractivity contribution in [2.45, 2.75) is 53.5 Å². The molecule has 0 spiro atoms. The van der Waals surface area contributed by atoms with Gasteiger partial charge in [0.05, 0.1) is 0 Å². The summed E-state index contributed by atoms with van der Waals surface area (Å²) in [5.41, 5.74) is -0.857. The predicted molar refractivity (Wildman–Crippen MR) is 57.0 cm³/mol. The second-order valence-electron chi connectivity index (χ2n) is 5.47. The Morgan fingerprint density at radius 3 is 1.79 bits per heavy atom. The lowest BCUT2D eigenvalue weighted by Crippen LogP contribution is -2.48. The van der Waals surface area contributed by atoms with Crippen molar-refractivity contribution in [1.82, 2.24) is 5.32 Å². The highest BCUT2D eigenvalue weighted by Crippen LogP contribution is 2.17. The Morgan fingerprint density at radius 2 is 1.50 bits per heavy atom. The fraction of sp³-hybridized carbons (Fsp3) is 0.818. The molecule has 3 nitrogen and oxygen atoms in total. The van der Waals surface area contributed by atoms with Crippen molar-refractivity contribution >= 4 is 11.7 Å². The van der Waals surface area contributed by atoms with E-state index in [2.05, 4.69) is 5.32 Å². The highest BCUT2D eigenvalue weighted by Gasteiger charge is 2.28. The first-order valence-electron chi connectivity index (χ1n) is 4.87. The van der Waals surface area contributed by atoms with Crippen LogP contribution in [0.1, 0.15) is 48.0 Å². The number of amides is 1. The van der Waals surface area contributed by atoms with Gasteiger partial charge in [-0.25, -0.2) is 0 Å². The maximum Gasteiger partial charge on any atom is 0.225 e. The van der Waals surface area contributed by atoms with Crippen LogP contribution in [-0.2, 0) is 9.59 Å². The van der Waals surface area contributed by atoms with Crippen molar-refractivity contribution < 1.29 is 9.59 Å². The number of hydrogen-bond acceptors (Lipinski definition) is 2. The van der Waals surface area contributed by atoms with Crippen LogP contribution in [0.4, 0.5) is 0 Å². The Labute approximate surface area is 86.3 Å². The first kappa shape index (κ1) is 13.1. The summed E-state index contributed by atoms with van der Waals surface area (Å²) in [5.74, 6) is 0.0629. The molecule has 1 amide bonds. The van der Waals surface area contributed by atoms with Crippen LogP contribution in [0.25, 0.3) is 0 Å². The third kappa shape index (κ3) is 5.00. The second kappa shape index (κ2) is 4.11. The van der Waals surface area contributed by atoms with Gasteiger partial charge in [0.1, 0.15) is 5.78 Å². The summed E-state index contributed by atoms with van der Waals surface area (Å²) in [4.78, 5) is 22.6. The molecule has 0 saturated heterocycles. The van der Waals surface area contributed by atoms with Crippen LogP contribution in [-0.4, -0.2) is 17.2 Å². The number of rotatable bonds is 3. The summed E-state index contributed by atoms with van der Waals surface area (Å²) in [5, 5.41) is 2.87. The van der Waals surface area contributed by atoms with E-state index in [0.29, 0.717) is 6.42 Å². The fourth-order valence-corrected chi connectivity index (χ4v) is 1.16. The first-order valence-corrected chi connectivity index (χ1v) is 4.87. The van der Waals surface area contributed by atoms with Gasteiger partial charge in [-0.05, 0) is 20.8 Å². The fourth-order valence-electron chi connectivity index (χ4n) is 1.16. The Hall–Kier alpha value is -0.860. The Balaban J connectivity index is 4.37. The maximum atomic E-state index is 11.6. The van der Waals surface area contributed by atoms with Gasteiger partial charge in [0.2, 0.25) is 5.91 Å². The SMILES string of the molecule is CC(=O)CC(C)(C)NC(=O)C(C)(C)C. The number of carbonyl (C=O) groups is 2. The summed E-state index contributed by atoms with van der Waals surface area (Å²) >= 11 is 0. The lowest BCUT2D eigenvalue weighted by molar-refractivity contribution is -0.130. The van der Waals surface area contributed by atoms with E-state index >= 15 is 0 Å². The zero-order valence-corrected chi connectivity index (χ0v) is 10.0. The summed E-state index contributed by atoms with van der Waals surface area (Å²) in [6, 6.07) is 0. The van der Waals surface area contributed by atoms with Gasteiger partial charge in [0.15, 0.2) is 0 Å². The summed E-state index contributed by atoms with van der Waals surface area (Å²) < 4.78 is 0. The number of Topliss-reactive ketones (excluding diaryl/α,β-unsaturated/α-hetero) is 1. The third-order valence-corrected chi connectivity index (χ3v) is 1.82. The molecule has 0 heterocycles. The zero-order valence-electron chi connectivity index (χ0n) is 10.0. The molecule has 0 aromatic carbocycles. The van der Waals surface area contributed by atoms with Crippen molar-refractivity contribution in [3.63, 3.8) is 0 Å². The van der Waals surface area contributed by atoms with Gasteiger partial charge in [-0.15, -0.1) is 0 Å². The molecular weight excluding hydrogens is 178 g/mol. The van der Waals surface area contributed by atoms with Crippen LogP contribution in [0.15, 0.2) is 0 Å². The van der Waals surface area contributed by atoms with Gasteiger partial charge < -0.3 is 5.32 Å². The smallest absolute Gasteiger partial charge is 0.225 e. The Bertz CT molecular complexity index is 236. The average molecular weight is 199 g/mol. The molecule has 0 atom stereocenters. The highest BCUT2D eigenvalue weighted by molar-refractivity contribution is 5.83. The van der Waals surface area contributed by atoms with E-state index in [4.69, 9.17) is 0 Å². The summed E-state index contributed by atoms with van der Waals surface area (Å²) in [7, 11) is 0. The number of hydrogen-bond donors (Lipinski definition) is 1. The molecule has 0 radical (unpaired) electrons. The van der Waals surface area contributed by atoms with Gasteiger partial charge in [-0.3, -0.25) is 9.59 Å². The minimum Gasteiger partial charge on any atom is -0.350 e. The Morgan fingerprint density at radius 1 is 1.07 bits per heavy atom. The van der Waals surface area contributed by atoms with Gasteiger partial charge >= 0.3 is 0 Å². The summed E-state index contributed by atoms with van der Waals surface area (Å²) in [6.45, 7) is 10.8.